The monoisotopic (exact) mass is 289 g/mol. The molecular weight excluding hydrogens is 269 g/mol. The summed E-state index contributed by atoms with van der Waals surface area (Å²) < 4.78 is 5.72. The number of likely N-dealkylation sites (tertiary alicyclic amines) is 1. The summed E-state index contributed by atoms with van der Waals surface area (Å²) in [6, 6.07) is 8.02. The topological polar surface area (TPSA) is 12.5 Å². The van der Waals surface area contributed by atoms with Crippen molar-refractivity contribution in [2.75, 3.05) is 26.2 Å². The van der Waals surface area contributed by atoms with E-state index in [2.05, 4.69) is 4.90 Å². The number of alkyl halides is 1. The fraction of sp³-hybridized carbons (Fsp3) is 0.571. The molecule has 2 rings (SSSR count). The van der Waals surface area contributed by atoms with Crippen LogP contribution in [0.25, 0.3) is 0 Å². The first-order valence-corrected chi connectivity index (χ1v) is 6.92. The molecule has 18 heavy (non-hydrogen) atoms. The van der Waals surface area contributed by atoms with E-state index in [1.165, 1.54) is 32.4 Å². The van der Waals surface area contributed by atoms with E-state index in [4.69, 9.17) is 16.3 Å². The average Bonchev–Trinajstić information content (AvgIpc) is 2.41. The van der Waals surface area contributed by atoms with Gasteiger partial charge in [0.05, 0.1) is 0 Å². The van der Waals surface area contributed by atoms with Crippen molar-refractivity contribution >= 4 is 24.0 Å². The van der Waals surface area contributed by atoms with Crippen LogP contribution >= 0.6 is 24.0 Å². The zero-order chi connectivity index (χ0) is 11.9. The van der Waals surface area contributed by atoms with Gasteiger partial charge < -0.3 is 4.74 Å². The summed E-state index contributed by atoms with van der Waals surface area (Å²) in [5.41, 5.74) is 1.13. The third-order valence-corrected chi connectivity index (χ3v) is 3.51. The van der Waals surface area contributed by atoms with E-state index in [0.717, 1.165) is 24.5 Å². The summed E-state index contributed by atoms with van der Waals surface area (Å²) in [6.45, 7) is 4.28. The minimum atomic E-state index is 0. The van der Waals surface area contributed by atoms with Crippen molar-refractivity contribution < 1.29 is 4.74 Å². The van der Waals surface area contributed by atoms with Crippen molar-refractivity contribution in [3.8, 4) is 5.75 Å². The van der Waals surface area contributed by atoms with E-state index in [1.54, 1.807) is 0 Å². The zero-order valence-electron chi connectivity index (χ0n) is 10.6. The second-order valence-corrected chi connectivity index (χ2v) is 4.80. The lowest BCUT2D eigenvalue weighted by atomic mass is 10.1. The van der Waals surface area contributed by atoms with Crippen molar-refractivity contribution in [2.45, 2.75) is 25.1 Å². The average molecular weight is 290 g/mol. The molecule has 0 radical (unpaired) electrons. The summed E-state index contributed by atoms with van der Waals surface area (Å²) >= 11 is 5.74. The molecule has 0 aliphatic carbocycles. The predicted octanol–water partition coefficient (Wildman–Crippen LogP) is 3.71. The third-order valence-electron chi connectivity index (χ3n) is 3.20. The predicted molar refractivity (Wildman–Crippen MR) is 79.0 cm³/mol. The molecule has 0 unspecified atom stereocenters. The Hall–Kier alpha value is -0.440. The van der Waals surface area contributed by atoms with Gasteiger partial charge in [-0.1, -0.05) is 18.6 Å². The van der Waals surface area contributed by atoms with Crippen LogP contribution in [0.2, 0.25) is 0 Å². The maximum absolute atomic E-state index is 5.74. The fourth-order valence-corrected chi connectivity index (χ4v) is 2.33. The number of rotatable bonds is 5. The van der Waals surface area contributed by atoms with Gasteiger partial charge in [0.25, 0.3) is 0 Å². The zero-order valence-corrected chi connectivity index (χ0v) is 12.2. The molecule has 0 amide bonds. The van der Waals surface area contributed by atoms with Gasteiger partial charge >= 0.3 is 0 Å². The molecule has 1 fully saturated rings. The maximum Gasteiger partial charge on any atom is 0.119 e. The lowest BCUT2D eigenvalue weighted by Gasteiger charge is -2.26. The number of hydrogen-bond donors (Lipinski definition) is 0. The Labute approximate surface area is 121 Å². The molecule has 0 aromatic heterocycles. The van der Waals surface area contributed by atoms with Crippen molar-refractivity contribution in [1.29, 1.82) is 0 Å². The van der Waals surface area contributed by atoms with Gasteiger partial charge in [0.1, 0.15) is 12.4 Å². The van der Waals surface area contributed by atoms with E-state index >= 15 is 0 Å². The molecule has 1 aromatic rings. The summed E-state index contributed by atoms with van der Waals surface area (Å²) in [5, 5.41) is 0. The second-order valence-electron chi connectivity index (χ2n) is 4.53. The number of benzene rings is 1. The molecule has 1 heterocycles. The molecule has 1 aromatic carbocycles. The molecule has 1 aliphatic heterocycles. The minimum Gasteiger partial charge on any atom is -0.492 e. The standard InChI is InChI=1S/C14H20ClNO.ClH/c15-12-13-4-6-14(7-5-13)17-11-10-16-8-2-1-3-9-16;/h4-7H,1-3,8-12H2;1H. The first-order valence-electron chi connectivity index (χ1n) is 6.38. The molecule has 0 spiro atoms. The second kappa shape index (κ2) is 8.63. The van der Waals surface area contributed by atoms with Crippen LogP contribution in [0.5, 0.6) is 5.75 Å². The largest absolute Gasteiger partial charge is 0.492 e. The van der Waals surface area contributed by atoms with Crippen LogP contribution in [0, 0.1) is 0 Å². The molecule has 0 saturated carbocycles. The normalized spacial score (nSPS) is 16.1. The lowest BCUT2D eigenvalue weighted by Crippen LogP contribution is -2.33. The number of hydrogen-bond acceptors (Lipinski definition) is 2. The van der Waals surface area contributed by atoms with Crippen molar-refractivity contribution in [2.24, 2.45) is 0 Å². The van der Waals surface area contributed by atoms with Gasteiger partial charge in [0, 0.05) is 12.4 Å². The summed E-state index contributed by atoms with van der Waals surface area (Å²) in [6.07, 6.45) is 4.06. The summed E-state index contributed by atoms with van der Waals surface area (Å²) in [5.74, 6) is 1.50. The molecule has 0 N–H and O–H groups in total. The Morgan fingerprint density at radius 2 is 1.72 bits per heavy atom. The molecule has 1 aliphatic rings. The van der Waals surface area contributed by atoms with Crippen LogP contribution in [0.3, 0.4) is 0 Å². The smallest absolute Gasteiger partial charge is 0.119 e. The number of nitrogens with zero attached hydrogens (tertiary/aromatic N) is 1. The van der Waals surface area contributed by atoms with Crippen molar-refractivity contribution in [1.82, 2.24) is 4.90 Å². The van der Waals surface area contributed by atoms with Crippen LogP contribution in [-0.4, -0.2) is 31.1 Å². The highest BCUT2D eigenvalue weighted by molar-refractivity contribution is 6.17. The van der Waals surface area contributed by atoms with Crippen molar-refractivity contribution in [3.63, 3.8) is 0 Å². The molecule has 0 bridgehead atoms. The summed E-state index contributed by atoms with van der Waals surface area (Å²) in [7, 11) is 0. The molecule has 0 atom stereocenters. The van der Waals surface area contributed by atoms with Gasteiger partial charge in [-0.05, 0) is 43.6 Å². The van der Waals surface area contributed by atoms with Crippen LogP contribution in [0.15, 0.2) is 24.3 Å². The highest BCUT2D eigenvalue weighted by Crippen LogP contribution is 2.14. The Balaban J connectivity index is 0.00000162. The molecular formula is C14H21Cl2NO. The lowest BCUT2D eigenvalue weighted by molar-refractivity contribution is 0.183. The van der Waals surface area contributed by atoms with E-state index in [1.807, 2.05) is 24.3 Å². The van der Waals surface area contributed by atoms with Gasteiger partial charge in [0.2, 0.25) is 0 Å². The Morgan fingerprint density at radius 3 is 2.33 bits per heavy atom. The Bertz CT molecular complexity index is 323. The van der Waals surface area contributed by atoms with E-state index in [0.29, 0.717) is 5.88 Å². The first kappa shape index (κ1) is 15.6. The van der Waals surface area contributed by atoms with Gasteiger partial charge in [-0.15, -0.1) is 24.0 Å². The molecule has 2 nitrogen and oxygen atoms in total. The van der Waals surface area contributed by atoms with Crippen LogP contribution in [-0.2, 0) is 5.88 Å². The molecule has 4 heteroatoms. The van der Waals surface area contributed by atoms with Gasteiger partial charge in [-0.3, -0.25) is 4.90 Å². The number of piperidine rings is 1. The van der Waals surface area contributed by atoms with E-state index < -0.39 is 0 Å². The third kappa shape index (κ3) is 5.05. The number of halogens is 2. The van der Waals surface area contributed by atoms with Crippen LogP contribution in [0.1, 0.15) is 24.8 Å². The van der Waals surface area contributed by atoms with Crippen molar-refractivity contribution in [3.05, 3.63) is 29.8 Å². The first-order chi connectivity index (χ1) is 8.38. The maximum atomic E-state index is 5.74. The Morgan fingerprint density at radius 1 is 1.06 bits per heavy atom. The highest BCUT2D eigenvalue weighted by atomic mass is 35.5. The minimum absolute atomic E-state index is 0. The summed E-state index contributed by atoms with van der Waals surface area (Å²) in [4.78, 5) is 2.48. The van der Waals surface area contributed by atoms with Gasteiger partial charge in [0.15, 0.2) is 0 Å². The molecule has 1 saturated heterocycles. The van der Waals surface area contributed by atoms with Crippen LogP contribution < -0.4 is 4.74 Å². The highest BCUT2D eigenvalue weighted by Gasteiger charge is 2.09. The van der Waals surface area contributed by atoms with Gasteiger partial charge in [-0.25, -0.2) is 0 Å². The fourth-order valence-electron chi connectivity index (χ4n) is 2.15. The molecule has 102 valence electrons. The van der Waals surface area contributed by atoms with E-state index in [9.17, 15) is 0 Å². The van der Waals surface area contributed by atoms with E-state index in [-0.39, 0.29) is 12.4 Å². The van der Waals surface area contributed by atoms with Gasteiger partial charge in [-0.2, -0.15) is 0 Å². The quantitative estimate of drug-likeness (QED) is 0.766. The number of ether oxygens (including phenoxy) is 1. The SMILES string of the molecule is Cl.ClCc1ccc(OCCN2CCCCC2)cc1. The Kier molecular flexibility index (Phi) is 7.48. The van der Waals surface area contributed by atoms with Crippen LogP contribution in [0.4, 0.5) is 0 Å².